The monoisotopic (exact) mass is 246 g/mol. The smallest absolute Gasteiger partial charge is 0.313 e. The van der Waals surface area contributed by atoms with Gasteiger partial charge in [-0.25, -0.2) is 0 Å². The molecule has 0 aliphatic rings. The van der Waals surface area contributed by atoms with Gasteiger partial charge in [-0.2, -0.15) is 5.26 Å². The summed E-state index contributed by atoms with van der Waals surface area (Å²) in [5, 5.41) is 12.6. The molecule has 0 aromatic heterocycles. The van der Waals surface area contributed by atoms with E-state index in [1.165, 1.54) is 12.1 Å². The molecule has 1 aromatic rings. The lowest BCUT2D eigenvalue weighted by Gasteiger charge is -2.07. The van der Waals surface area contributed by atoms with Crippen LogP contribution in [0.25, 0.3) is 0 Å². The topological polar surface area (TPSA) is 125 Å². The van der Waals surface area contributed by atoms with E-state index in [1.807, 2.05) is 0 Å². The third kappa shape index (κ3) is 3.31. The van der Waals surface area contributed by atoms with Crippen molar-refractivity contribution in [2.24, 2.45) is 5.73 Å². The molecule has 0 atom stereocenters. The predicted molar refractivity (Wildman–Crippen MR) is 62.2 cm³/mol. The Balaban J connectivity index is 2.79. The third-order valence-corrected chi connectivity index (χ3v) is 1.97. The molecule has 3 amide bonds. The first kappa shape index (κ1) is 13.2. The number of hydrogen-bond donors (Lipinski definition) is 3. The zero-order chi connectivity index (χ0) is 13.5. The van der Waals surface area contributed by atoms with Gasteiger partial charge in [0, 0.05) is 0 Å². The van der Waals surface area contributed by atoms with Crippen molar-refractivity contribution >= 4 is 23.4 Å². The Bertz CT molecular complexity index is 533. The van der Waals surface area contributed by atoms with Gasteiger partial charge < -0.3 is 16.4 Å². The normalized spacial score (nSPS) is 9.06. The van der Waals surface area contributed by atoms with Crippen molar-refractivity contribution in [3.05, 3.63) is 29.8 Å². The van der Waals surface area contributed by atoms with Gasteiger partial charge in [-0.3, -0.25) is 14.4 Å². The number of rotatable bonds is 3. The highest BCUT2D eigenvalue weighted by atomic mass is 16.2. The van der Waals surface area contributed by atoms with Crippen LogP contribution in [0.2, 0.25) is 0 Å². The maximum absolute atomic E-state index is 11.4. The van der Waals surface area contributed by atoms with Gasteiger partial charge >= 0.3 is 11.8 Å². The lowest BCUT2D eigenvalue weighted by molar-refractivity contribution is -0.136. The van der Waals surface area contributed by atoms with Gasteiger partial charge in [0.2, 0.25) is 0 Å². The van der Waals surface area contributed by atoms with E-state index in [-0.39, 0.29) is 17.8 Å². The molecule has 0 bridgehead atoms. The summed E-state index contributed by atoms with van der Waals surface area (Å²) in [5.74, 6) is -2.65. The third-order valence-electron chi connectivity index (χ3n) is 1.97. The van der Waals surface area contributed by atoms with Crippen LogP contribution in [0.3, 0.4) is 0 Å². The van der Waals surface area contributed by atoms with Crippen LogP contribution in [-0.2, 0) is 9.59 Å². The number of nitrogens with two attached hydrogens (primary N) is 1. The number of benzene rings is 1. The van der Waals surface area contributed by atoms with Gasteiger partial charge in [-0.1, -0.05) is 12.1 Å². The number of amides is 3. The van der Waals surface area contributed by atoms with Crippen molar-refractivity contribution in [2.75, 3.05) is 11.9 Å². The summed E-state index contributed by atoms with van der Waals surface area (Å²) in [4.78, 5) is 33.7. The second-order valence-corrected chi connectivity index (χ2v) is 3.20. The molecule has 0 fully saturated rings. The number of nitrogens with zero attached hydrogens (tertiary/aromatic N) is 1. The second kappa shape index (κ2) is 6.00. The summed E-state index contributed by atoms with van der Waals surface area (Å²) in [6.07, 6.45) is 0. The number of nitriles is 1. The highest BCUT2D eigenvalue weighted by molar-refractivity contribution is 6.40. The first-order chi connectivity index (χ1) is 8.56. The molecular weight excluding hydrogens is 236 g/mol. The predicted octanol–water partition coefficient (Wildman–Crippen LogP) is -0.636. The molecule has 1 rings (SSSR count). The highest BCUT2D eigenvalue weighted by Gasteiger charge is 2.15. The standard InChI is InChI=1S/C11H10N4O3/c12-5-6-14-10(17)11(18)15-8-4-2-1-3-7(8)9(13)16/h1-4H,6H2,(H2,13,16)(H,14,17)(H,15,18). The van der Waals surface area contributed by atoms with Gasteiger partial charge in [0.05, 0.1) is 17.3 Å². The first-order valence-corrected chi connectivity index (χ1v) is 4.91. The van der Waals surface area contributed by atoms with Crippen LogP contribution in [0, 0.1) is 11.3 Å². The fraction of sp³-hybridized carbons (Fsp3) is 0.0909. The summed E-state index contributed by atoms with van der Waals surface area (Å²) in [6.45, 7) is -0.274. The van der Waals surface area contributed by atoms with E-state index >= 15 is 0 Å². The molecule has 0 aliphatic carbocycles. The van der Waals surface area contributed by atoms with E-state index < -0.39 is 17.7 Å². The summed E-state index contributed by atoms with van der Waals surface area (Å²) < 4.78 is 0. The van der Waals surface area contributed by atoms with Crippen molar-refractivity contribution < 1.29 is 14.4 Å². The van der Waals surface area contributed by atoms with Gasteiger partial charge in [-0.05, 0) is 12.1 Å². The minimum atomic E-state index is -0.973. The molecule has 18 heavy (non-hydrogen) atoms. The number of carbonyl (C=O) groups is 3. The van der Waals surface area contributed by atoms with Crippen LogP contribution in [0.1, 0.15) is 10.4 Å². The quantitative estimate of drug-likeness (QED) is 0.484. The minimum Gasteiger partial charge on any atom is -0.366 e. The maximum atomic E-state index is 11.4. The average molecular weight is 246 g/mol. The number of nitrogens with one attached hydrogen (secondary N) is 2. The molecule has 4 N–H and O–H groups in total. The fourth-order valence-corrected chi connectivity index (χ4v) is 1.19. The zero-order valence-corrected chi connectivity index (χ0v) is 9.27. The van der Waals surface area contributed by atoms with Crippen molar-refractivity contribution in [3.8, 4) is 6.07 Å². The summed E-state index contributed by atoms with van der Waals surface area (Å²) in [7, 11) is 0. The van der Waals surface area contributed by atoms with Crippen molar-refractivity contribution in [1.82, 2.24) is 5.32 Å². The molecule has 0 heterocycles. The molecule has 92 valence electrons. The molecule has 1 aromatic carbocycles. The first-order valence-electron chi connectivity index (χ1n) is 4.91. The number of primary amides is 1. The minimum absolute atomic E-state index is 0.0962. The van der Waals surface area contributed by atoms with Crippen molar-refractivity contribution in [1.29, 1.82) is 5.26 Å². The molecule has 0 aliphatic heterocycles. The summed E-state index contributed by atoms with van der Waals surface area (Å²) in [5.41, 5.74) is 5.35. The number of carbonyl (C=O) groups excluding carboxylic acids is 3. The van der Waals surface area contributed by atoms with Crippen LogP contribution in [0.15, 0.2) is 24.3 Å². The molecule has 0 saturated carbocycles. The zero-order valence-electron chi connectivity index (χ0n) is 9.27. The van der Waals surface area contributed by atoms with Gasteiger partial charge in [0.15, 0.2) is 0 Å². The highest BCUT2D eigenvalue weighted by Crippen LogP contribution is 2.13. The molecule has 0 saturated heterocycles. The summed E-state index contributed by atoms with van der Waals surface area (Å²) >= 11 is 0. The molecule has 7 heteroatoms. The second-order valence-electron chi connectivity index (χ2n) is 3.20. The van der Waals surface area contributed by atoms with E-state index in [0.717, 1.165) is 0 Å². The Kier molecular flexibility index (Phi) is 4.40. The van der Waals surface area contributed by atoms with E-state index in [9.17, 15) is 14.4 Å². The molecular formula is C11H10N4O3. The van der Waals surface area contributed by atoms with Crippen LogP contribution in [0.4, 0.5) is 5.69 Å². The van der Waals surface area contributed by atoms with Crippen LogP contribution in [0.5, 0.6) is 0 Å². The largest absolute Gasteiger partial charge is 0.366 e. The number of hydrogen-bond acceptors (Lipinski definition) is 4. The average Bonchev–Trinajstić information content (AvgIpc) is 2.36. The lowest BCUT2D eigenvalue weighted by atomic mass is 10.1. The van der Waals surface area contributed by atoms with E-state index in [0.29, 0.717) is 0 Å². The Labute approximate surface area is 103 Å². The molecule has 0 spiro atoms. The van der Waals surface area contributed by atoms with Crippen LogP contribution in [-0.4, -0.2) is 24.3 Å². The Morgan fingerprint density at radius 3 is 2.50 bits per heavy atom. The van der Waals surface area contributed by atoms with E-state index in [2.05, 4.69) is 10.6 Å². The van der Waals surface area contributed by atoms with Gasteiger partial charge in [-0.15, -0.1) is 0 Å². The Morgan fingerprint density at radius 2 is 1.89 bits per heavy atom. The summed E-state index contributed by atoms with van der Waals surface area (Å²) in [6, 6.07) is 7.68. The SMILES string of the molecule is N#CCNC(=O)C(=O)Nc1ccccc1C(N)=O. The Hall–Kier alpha value is -2.88. The maximum Gasteiger partial charge on any atom is 0.313 e. The number of anilines is 1. The van der Waals surface area contributed by atoms with Gasteiger partial charge in [0.25, 0.3) is 5.91 Å². The molecule has 0 unspecified atom stereocenters. The molecule has 7 nitrogen and oxygen atoms in total. The van der Waals surface area contributed by atoms with E-state index in [4.69, 9.17) is 11.0 Å². The Morgan fingerprint density at radius 1 is 1.22 bits per heavy atom. The number of para-hydroxylation sites is 1. The fourth-order valence-electron chi connectivity index (χ4n) is 1.19. The van der Waals surface area contributed by atoms with Crippen molar-refractivity contribution in [2.45, 2.75) is 0 Å². The van der Waals surface area contributed by atoms with E-state index in [1.54, 1.807) is 18.2 Å². The van der Waals surface area contributed by atoms with Crippen LogP contribution >= 0.6 is 0 Å². The van der Waals surface area contributed by atoms with Crippen molar-refractivity contribution in [3.63, 3.8) is 0 Å². The van der Waals surface area contributed by atoms with Crippen LogP contribution < -0.4 is 16.4 Å². The van der Waals surface area contributed by atoms with Gasteiger partial charge in [0.1, 0.15) is 6.54 Å². The molecule has 0 radical (unpaired) electrons. The lowest BCUT2D eigenvalue weighted by Crippen LogP contribution is -2.36.